The summed E-state index contributed by atoms with van der Waals surface area (Å²) in [4.78, 5) is 21.8. The van der Waals surface area contributed by atoms with E-state index in [-0.39, 0.29) is 23.7 Å². The molecule has 0 bridgehead atoms. The van der Waals surface area contributed by atoms with Crippen LogP contribution in [0.3, 0.4) is 0 Å². The van der Waals surface area contributed by atoms with Gasteiger partial charge < -0.3 is 5.32 Å². The average molecular weight is 213 g/mol. The Morgan fingerprint density at radius 3 is 2.07 bits per heavy atom. The van der Waals surface area contributed by atoms with Gasteiger partial charge in [-0.05, 0) is 18.9 Å². The van der Waals surface area contributed by atoms with E-state index in [1.807, 2.05) is 27.7 Å². The molecule has 1 atom stereocenters. The molecular weight excluding hydrogens is 190 g/mol. The van der Waals surface area contributed by atoms with E-state index < -0.39 is 0 Å². The second kappa shape index (κ2) is 9.44. The number of carbonyl (C=O) groups is 2. The molecule has 0 spiro atoms. The summed E-state index contributed by atoms with van der Waals surface area (Å²) in [6, 6.07) is -0.0806. The lowest BCUT2D eigenvalue weighted by molar-refractivity contribution is -0.119. The molecule has 0 fully saturated rings. The maximum atomic E-state index is 11.0. The van der Waals surface area contributed by atoms with E-state index in [9.17, 15) is 9.59 Å². The molecule has 0 aliphatic carbocycles. The van der Waals surface area contributed by atoms with Crippen LogP contribution in [-0.2, 0) is 9.59 Å². The molecule has 0 aromatic carbocycles. The summed E-state index contributed by atoms with van der Waals surface area (Å²) in [6.07, 6.45) is 1.60. The fourth-order valence-electron chi connectivity index (χ4n) is 1.00. The zero-order chi connectivity index (χ0) is 12.4. The Labute approximate surface area is 92.9 Å². The fourth-order valence-corrected chi connectivity index (χ4v) is 1.00. The highest BCUT2D eigenvalue weighted by atomic mass is 16.1. The summed E-state index contributed by atoms with van der Waals surface area (Å²) < 4.78 is 0. The Morgan fingerprint density at radius 2 is 1.80 bits per heavy atom. The van der Waals surface area contributed by atoms with Crippen LogP contribution < -0.4 is 5.32 Å². The smallest absolute Gasteiger partial charge is 0.243 e. The number of amides is 1. The molecule has 0 aromatic heterocycles. The molecule has 1 unspecified atom stereocenters. The quantitative estimate of drug-likeness (QED) is 0.712. The highest BCUT2D eigenvalue weighted by Gasteiger charge is 2.16. The van der Waals surface area contributed by atoms with Gasteiger partial charge in [-0.25, -0.2) is 0 Å². The average Bonchev–Trinajstić information content (AvgIpc) is 2.18. The Kier molecular flexibility index (Phi) is 10.3. The minimum Gasteiger partial charge on any atom is -0.349 e. The number of carbonyl (C=O) groups excluding carboxylic acids is 2. The van der Waals surface area contributed by atoms with Gasteiger partial charge >= 0.3 is 0 Å². The fraction of sp³-hybridized carbons (Fsp3) is 0.667. The van der Waals surface area contributed by atoms with Crippen LogP contribution >= 0.6 is 0 Å². The summed E-state index contributed by atoms with van der Waals surface area (Å²) in [5.74, 6) is 0.121. The van der Waals surface area contributed by atoms with Crippen LogP contribution in [0, 0.1) is 5.92 Å². The van der Waals surface area contributed by atoms with Crippen molar-refractivity contribution in [3.63, 3.8) is 0 Å². The molecule has 0 aromatic rings. The highest BCUT2D eigenvalue weighted by molar-refractivity contribution is 5.87. The Balaban J connectivity index is 0. The van der Waals surface area contributed by atoms with Crippen molar-refractivity contribution in [3.05, 3.63) is 12.7 Å². The number of ketones is 1. The van der Waals surface area contributed by atoms with E-state index in [2.05, 4.69) is 11.9 Å². The second-order valence-electron chi connectivity index (χ2n) is 3.47. The maximum absolute atomic E-state index is 11.0. The van der Waals surface area contributed by atoms with Crippen LogP contribution in [0.1, 0.15) is 41.0 Å². The molecular formula is C12H23NO2. The van der Waals surface area contributed by atoms with E-state index in [4.69, 9.17) is 0 Å². The summed E-state index contributed by atoms with van der Waals surface area (Å²) in [7, 11) is 0. The lowest BCUT2D eigenvalue weighted by atomic mass is 9.99. The van der Waals surface area contributed by atoms with Crippen molar-refractivity contribution in [1.82, 2.24) is 5.32 Å². The number of Topliss-reactive ketones (excluding diaryl/α,β-unsaturated/α-hetero) is 1. The van der Waals surface area contributed by atoms with Crippen LogP contribution in [0.5, 0.6) is 0 Å². The van der Waals surface area contributed by atoms with Crippen LogP contribution in [-0.4, -0.2) is 17.7 Å². The standard InChI is InChI=1S/C10H17NO2.C2H6/c1-5-10(13)11-9(7(2)3)6-8(4)12;1-2/h5,7,9H,1,6H2,2-4H3,(H,11,13);1-2H3. The molecule has 15 heavy (non-hydrogen) atoms. The molecule has 1 amide bonds. The van der Waals surface area contributed by atoms with Gasteiger partial charge in [0.2, 0.25) is 5.91 Å². The van der Waals surface area contributed by atoms with Crippen LogP contribution in [0.25, 0.3) is 0 Å². The van der Waals surface area contributed by atoms with Gasteiger partial charge in [0.1, 0.15) is 5.78 Å². The normalized spacial score (nSPS) is 11.1. The van der Waals surface area contributed by atoms with Crippen molar-refractivity contribution < 1.29 is 9.59 Å². The van der Waals surface area contributed by atoms with Crippen molar-refractivity contribution in [2.75, 3.05) is 0 Å². The molecule has 0 saturated heterocycles. The molecule has 0 saturated carbocycles. The SMILES string of the molecule is C=CC(=O)NC(CC(C)=O)C(C)C.CC. The monoisotopic (exact) mass is 213 g/mol. The summed E-state index contributed by atoms with van der Waals surface area (Å²) >= 11 is 0. The molecule has 3 heteroatoms. The summed E-state index contributed by atoms with van der Waals surface area (Å²) in [5.41, 5.74) is 0. The first-order chi connectivity index (χ1) is 6.97. The highest BCUT2D eigenvalue weighted by Crippen LogP contribution is 2.06. The first-order valence-corrected chi connectivity index (χ1v) is 5.39. The van der Waals surface area contributed by atoms with Crippen molar-refractivity contribution in [2.45, 2.75) is 47.1 Å². The summed E-state index contributed by atoms with van der Waals surface area (Å²) in [6.45, 7) is 12.8. The topological polar surface area (TPSA) is 46.2 Å². The summed E-state index contributed by atoms with van der Waals surface area (Å²) in [5, 5.41) is 2.72. The van der Waals surface area contributed by atoms with Crippen LogP contribution in [0.15, 0.2) is 12.7 Å². The molecule has 1 N–H and O–H groups in total. The van der Waals surface area contributed by atoms with Gasteiger partial charge in [-0.15, -0.1) is 0 Å². The van der Waals surface area contributed by atoms with E-state index in [1.54, 1.807) is 0 Å². The Bertz CT molecular complexity index is 210. The molecule has 88 valence electrons. The third-order valence-electron chi connectivity index (χ3n) is 1.83. The van der Waals surface area contributed by atoms with Crippen LogP contribution in [0.4, 0.5) is 0 Å². The van der Waals surface area contributed by atoms with Gasteiger partial charge in [0.05, 0.1) is 0 Å². The van der Waals surface area contributed by atoms with Crippen molar-refractivity contribution in [3.8, 4) is 0 Å². The Morgan fingerprint density at radius 1 is 1.33 bits per heavy atom. The molecule has 0 rings (SSSR count). The minimum atomic E-state index is -0.222. The van der Waals surface area contributed by atoms with Crippen molar-refractivity contribution >= 4 is 11.7 Å². The lowest BCUT2D eigenvalue weighted by Gasteiger charge is -2.20. The molecule has 0 radical (unpaired) electrons. The van der Waals surface area contributed by atoms with Gasteiger partial charge in [0.15, 0.2) is 0 Å². The molecule has 0 aliphatic rings. The largest absolute Gasteiger partial charge is 0.349 e. The van der Waals surface area contributed by atoms with Gasteiger partial charge in [0, 0.05) is 12.5 Å². The third kappa shape index (κ3) is 9.19. The lowest BCUT2D eigenvalue weighted by Crippen LogP contribution is -2.38. The van der Waals surface area contributed by atoms with Gasteiger partial charge in [-0.2, -0.15) is 0 Å². The predicted molar refractivity (Wildman–Crippen MR) is 63.6 cm³/mol. The number of hydrogen-bond donors (Lipinski definition) is 1. The van der Waals surface area contributed by atoms with Gasteiger partial charge in [-0.1, -0.05) is 34.3 Å². The van der Waals surface area contributed by atoms with Crippen LogP contribution in [0.2, 0.25) is 0 Å². The molecule has 3 nitrogen and oxygen atoms in total. The zero-order valence-electron chi connectivity index (χ0n) is 10.5. The molecule has 0 heterocycles. The number of rotatable bonds is 5. The van der Waals surface area contributed by atoms with Gasteiger partial charge in [0.25, 0.3) is 0 Å². The predicted octanol–water partition coefficient (Wildman–Crippen LogP) is 2.32. The third-order valence-corrected chi connectivity index (χ3v) is 1.83. The first kappa shape index (κ1) is 16.3. The first-order valence-electron chi connectivity index (χ1n) is 5.39. The van der Waals surface area contributed by atoms with Gasteiger partial charge in [-0.3, -0.25) is 9.59 Å². The maximum Gasteiger partial charge on any atom is 0.243 e. The minimum absolute atomic E-state index is 0.0806. The van der Waals surface area contributed by atoms with E-state index in [0.717, 1.165) is 0 Å². The Hall–Kier alpha value is -1.12. The second-order valence-corrected chi connectivity index (χ2v) is 3.47. The number of hydrogen-bond acceptors (Lipinski definition) is 2. The molecule has 0 aliphatic heterocycles. The zero-order valence-corrected chi connectivity index (χ0v) is 10.5. The van der Waals surface area contributed by atoms with Crippen molar-refractivity contribution in [1.29, 1.82) is 0 Å². The van der Waals surface area contributed by atoms with Crippen molar-refractivity contribution in [2.24, 2.45) is 5.92 Å². The number of nitrogens with one attached hydrogen (secondary N) is 1. The van der Waals surface area contributed by atoms with E-state index in [0.29, 0.717) is 6.42 Å². The van der Waals surface area contributed by atoms with E-state index in [1.165, 1.54) is 13.0 Å². The van der Waals surface area contributed by atoms with E-state index >= 15 is 0 Å².